The van der Waals surface area contributed by atoms with E-state index in [1.165, 1.54) is 12.1 Å². The molecule has 1 fully saturated rings. The summed E-state index contributed by atoms with van der Waals surface area (Å²) in [5.74, 6) is 0.101. The van der Waals surface area contributed by atoms with Crippen LogP contribution in [0.4, 0.5) is 4.39 Å². The Kier molecular flexibility index (Phi) is 4.95. The lowest BCUT2D eigenvalue weighted by molar-refractivity contribution is 0.0707. The highest BCUT2D eigenvalue weighted by molar-refractivity contribution is 7.13. The van der Waals surface area contributed by atoms with E-state index in [9.17, 15) is 9.18 Å². The Morgan fingerprint density at radius 2 is 1.79 bits per heavy atom. The van der Waals surface area contributed by atoms with E-state index in [4.69, 9.17) is 4.98 Å². The minimum Gasteiger partial charge on any atom is -0.353 e. The van der Waals surface area contributed by atoms with E-state index >= 15 is 0 Å². The molecule has 0 atom stereocenters. The van der Waals surface area contributed by atoms with Crippen molar-refractivity contribution in [3.05, 3.63) is 89.2 Å². The number of H-pyrrole nitrogens is 1. The van der Waals surface area contributed by atoms with Gasteiger partial charge in [0.15, 0.2) is 0 Å². The fourth-order valence-corrected chi connectivity index (χ4v) is 5.58. The molecule has 3 aromatic heterocycles. The molecule has 6 rings (SSSR count). The Labute approximate surface area is 194 Å². The van der Waals surface area contributed by atoms with Gasteiger partial charge in [0.2, 0.25) is 0 Å². The summed E-state index contributed by atoms with van der Waals surface area (Å²) in [6, 6.07) is 20.9. The van der Waals surface area contributed by atoms with E-state index in [1.54, 1.807) is 11.3 Å². The number of hydrogen-bond acceptors (Lipinski definition) is 3. The molecule has 4 nitrogen and oxygen atoms in total. The van der Waals surface area contributed by atoms with Gasteiger partial charge in [0, 0.05) is 29.4 Å². The summed E-state index contributed by atoms with van der Waals surface area (Å²) in [7, 11) is 0. The topological polar surface area (TPSA) is 49.0 Å². The quantitative estimate of drug-likeness (QED) is 0.333. The third kappa shape index (κ3) is 3.60. The van der Waals surface area contributed by atoms with Crippen LogP contribution in [0.5, 0.6) is 0 Å². The monoisotopic (exact) mass is 455 g/mol. The minimum absolute atomic E-state index is 0.0301. The van der Waals surface area contributed by atoms with Crippen molar-refractivity contribution >= 4 is 39.0 Å². The molecule has 0 radical (unpaired) electrons. The predicted octanol–water partition coefficient (Wildman–Crippen LogP) is 6.60. The summed E-state index contributed by atoms with van der Waals surface area (Å²) in [6.07, 6.45) is 1.73. The van der Waals surface area contributed by atoms with Gasteiger partial charge in [-0.2, -0.15) is 0 Å². The zero-order valence-electron chi connectivity index (χ0n) is 17.9. The number of thiophene rings is 1. The number of pyridine rings is 1. The summed E-state index contributed by atoms with van der Waals surface area (Å²) in [5, 5.41) is 4.14. The lowest BCUT2D eigenvalue weighted by atomic mass is 9.89. The number of fused-ring (bicyclic) bond motifs is 3. The van der Waals surface area contributed by atoms with Crippen LogP contribution in [0, 0.1) is 5.82 Å². The van der Waals surface area contributed by atoms with E-state index < -0.39 is 0 Å². The van der Waals surface area contributed by atoms with Crippen molar-refractivity contribution in [2.45, 2.75) is 18.8 Å². The van der Waals surface area contributed by atoms with E-state index in [0.29, 0.717) is 24.7 Å². The Balaban J connectivity index is 1.34. The molecule has 2 aromatic carbocycles. The van der Waals surface area contributed by atoms with Crippen molar-refractivity contribution in [3.8, 4) is 10.6 Å². The highest BCUT2D eigenvalue weighted by atomic mass is 32.1. The predicted molar refractivity (Wildman–Crippen MR) is 131 cm³/mol. The first kappa shape index (κ1) is 20.1. The summed E-state index contributed by atoms with van der Waals surface area (Å²) in [4.78, 5) is 24.8. The van der Waals surface area contributed by atoms with Gasteiger partial charge in [-0.25, -0.2) is 9.37 Å². The van der Waals surface area contributed by atoms with Gasteiger partial charge >= 0.3 is 0 Å². The number of piperidine rings is 1. The number of carbonyl (C=O) groups is 1. The van der Waals surface area contributed by atoms with Crippen LogP contribution in [0.3, 0.4) is 0 Å². The third-order valence-electron chi connectivity index (χ3n) is 6.59. The van der Waals surface area contributed by atoms with Crippen molar-refractivity contribution in [1.82, 2.24) is 14.9 Å². The second-order valence-electron chi connectivity index (χ2n) is 8.54. The lowest BCUT2D eigenvalue weighted by Crippen LogP contribution is -2.38. The first-order valence-electron chi connectivity index (χ1n) is 11.2. The number of para-hydroxylation sites is 1. The van der Waals surface area contributed by atoms with Crippen molar-refractivity contribution in [2.75, 3.05) is 13.1 Å². The fourth-order valence-electron chi connectivity index (χ4n) is 4.86. The Bertz CT molecular complexity index is 1450. The molecule has 1 N–H and O–H groups in total. The first-order chi connectivity index (χ1) is 16.2. The number of benzene rings is 2. The Morgan fingerprint density at radius 3 is 2.55 bits per heavy atom. The molecule has 1 aliphatic rings. The van der Waals surface area contributed by atoms with Crippen molar-refractivity contribution in [2.24, 2.45) is 0 Å². The van der Waals surface area contributed by atoms with Gasteiger partial charge < -0.3 is 9.88 Å². The van der Waals surface area contributed by atoms with Crippen molar-refractivity contribution in [3.63, 3.8) is 0 Å². The van der Waals surface area contributed by atoms with E-state index in [-0.39, 0.29) is 11.7 Å². The van der Waals surface area contributed by atoms with Crippen LogP contribution in [0.1, 0.15) is 34.8 Å². The summed E-state index contributed by atoms with van der Waals surface area (Å²) < 4.78 is 13.3. The van der Waals surface area contributed by atoms with Gasteiger partial charge in [-0.15, -0.1) is 11.3 Å². The van der Waals surface area contributed by atoms with Crippen LogP contribution in [-0.2, 0) is 0 Å². The van der Waals surface area contributed by atoms with Gasteiger partial charge in [0.1, 0.15) is 17.2 Å². The zero-order valence-corrected chi connectivity index (χ0v) is 18.7. The molecule has 4 heterocycles. The molecule has 6 heteroatoms. The molecule has 33 heavy (non-hydrogen) atoms. The van der Waals surface area contributed by atoms with Crippen LogP contribution in [0.2, 0.25) is 0 Å². The van der Waals surface area contributed by atoms with Gasteiger partial charge in [-0.3, -0.25) is 4.79 Å². The highest BCUT2D eigenvalue weighted by Crippen LogP contribution is 2.35. The number of nitrogens with zero attached hydrogens (tertiary/aromatic N) is 2. The van der Waals surface area contributed by atoms with E-state index in [2.05, 4.69) is 17.1 Å². The average Bonchev–Trinajstić information content (AvgIpc) is 3.52. The number of halogens is 1. The number of carbonyl (C=O) groups excluding carboxylic acids is 1. The second kappa shape index (κ2) is 8.12. The third-order valence-corrected chi connectivity index (χ3v) is 7.47. The molecule has 164 valence electrons. The maximum absolute atomic E-state index is 13.5. The molecule has 1 amide bonds. The molecule has 0 bridgehead atoms. The second-order valence-corrected chi connectivity index (χ2v) is 9.49. The van der Waals surface area contributed by atoms with E-state index in [0.717, 1.165) is 50.8 Å². The molecular formula is C27H22FN3OS. The molecule has 0 spiro atoms. The molecule has 1 saturated heterocycles. The number of aromatic amines is 1. The van der Waals surface area contributed by atoms with Gasteiger partial charge in [-0.1, -0.05) is 36.4 Å². The van der Waals surface area contributed by atoms with Gasteiger partial charge in [0.25, 0.3) is 5.91 Å². The number of hydrogen-bond donors (Lipinski definition) is 1. The Hall–Kier alpha value is -3.51. The van der Waals surface area contributed by atoms with Crippen molar-refractivity contribution < 1.29 is 9.18 Å². The van der Waals surface area contributed by atoms with Crippen LogP contribution in [-0.4, -0.2) is 33.9 Å². The number of aromatic nitrogens is 2. The highest BCUT2D eigenvalue weighted by Gasteiger charge is 2.26. The number of amides is 1. The molecular weight excluding hydrogens is 433 g/mol. The number of likely N-dealkylation sites (tertiary alicyclic amines) is 1. The van der Waals surface area contributed by atoms with E-state index in [1.807, 2.05) is 52.7 Å². The largest absolute Gasteiger partial charge is 0.353 e. The Morgan fingerprint density at radius 1 is 1.00 bits per heavy atom. The molecule has 0 unspecified atom stereocenters. The zero-order chi connectivity index (χ0) is 22.4. The van der Waals surface area contributed by atoms with Crippen LogP contribution in [0.25, 0.3) is 32.4 Å². The normalized spacial score (nSPS) is 14.9. The number of rotatable bonds is 3. The van der Waals surface area contributed by atoms with Crippen molar-refractivity contribution in [1.29, 1.82) is 0 Å². The molecule has 0 aliphatic carbocycles. The maximum atomic E-state index is 13.5. The summed E-state index contributed by atoms with van der Waals surface area (Å²) in [6.45, 7) is 1.34. The molecule has 0 saturated carbocycles. The molecule has 1 aliphatic heterocycles. The van der Waals surface area contributed by atoms with Gasteiger partial charge in [-0.05, 0) is 60.0 Å². The maximum Gasteiger partial charge on any atom is 0.272 e. The fraction of sp³-hybridized carbons (Fsp3) is 0.185. The average molecular weight is 456 g/mol. The molecule has 5 aromatic rings. The smallest absolute Gasteiger partial charge is 0.272 e. The first-order valence-corrected chi connectivity index (χ1v) is 12.1. The van der Waals surface area contributed by atoms with Crippen LogP contribution < -0.4 is 0 Å². The lowest BCUT2D eigenvalue weighted by Gasteiger charge is -2.32. The minimum atomic E-state index is -0.216. The standard InChI is InChI=1S/C27H22FN3OS/c28-19-9-7-17(8-10-19)18-11-13-31(14-12-18)27(32)23-16-21-20-4-1-2-5-22(20)29-25(21)26(30-23)24-6-3-15-33-24/h1-10,15-16,18,29H,11-14H2. The SMILES string of the molecule is O=C(c1cc2c([nH]c3ccccc32)c(-c2cccs2)n1)N1CCC(c2ccc(F)cc2)CC1. The van der Waals surface area contributed by atoms with Gasteiger partial charge in [0.05, 0.1) is 10.4 Å². The van der Waals surface area contributed by atoms with Crippen LogP contribution in [0.15, 0.2) is 72.1 Å². The summed E-state index contributed by atoms with van der Waals surface area (Å²) >= 11 is 1.62. The summed E-state index contributed by atoms with van der Waals surface area (Å²) in [5.41, 5.74) is 4.45. The number of nitrogens with one attached hydrogen (secondary N) is 1. The van der Waals surface area contributed by atoms with Crippen LogP contribution >= 0.6 is 11.3 Å².